The summed E-state index contributed by atoms with van der Waals surface area (Å²) in [7, 11) is 0. The summed E-state index contributed by atoms with van der Waals surface area (Å²) in [5.74, 6) is 0.948. The van der Waals surface area contributed by atoms with Crippen molar-refractivity contribution in [2.24, 2.45) is 0 Å². The fourth-order valence-corrected chi connectivity index (χ4v) is 1.21. The summed E-state index contributed by atoms with van der Waals surface area (Å²) in [4.78, 5) is 7.89. The highest BCUT2D eigenvalue weighted by Gasteiger charge is 1.95. The fourth-order valence-electron chi connectivity index (χ4n) is 0.619. The molecule has 1 heterocycles. The van der Waals surface area contributed by atoms with Crippen molar-refractivity contribution >= 4 is 11.8 Å². The van der Waals surface area contributed by atoms with Crippen molar-refractivity contribution in [3.8, 4) is 6.07 Å². The molecule has 11 heavy (non-hydrogen) atoms. The van der Waals surface area contributed by atoms with Gasteiger partial charge in [0.1, 0.15) is 11.1 Å². The minimum absolute atomic E-state index is 0.378. The lowest BCUT2D eigenvalue weighted by atomic mass is 10.5. The van der Waals surface area contributed by atoms with Crippen molar-refractivity contribution in [2.75, 3.05) is 5.75 Å². The summed E-state index contributed by atoms with van der Waals surface area (Å²) in [5, 5.41) is 9.28. The normalized spacial score (nSPS) is 9.09. The van der Waals surface area contributed by atoms with Gasteiger partial charge in [-0.15, -0.1) is 11.8 Å². The molecule has 1 aromatic rings. The molecule has 3 nitrogen and oxygen atoms in total. The number of rotatable bonds is 2. The monoisotopic (exact) mass is 165 g/mol. The highest BCUT2D eigenvalue weighted by molar-refractivity contribution is 7.99. The smallest absolute Gasteiger partial charge is 0.160 e. The lowest BCUT2D eigenvalue weighted by Gasteiger charge is -1.94. The first-order chi connectivity index (χ1) is 5.36. The number of hydrogen-bond acceptors (Lipinski definition) is 4. The van der Waals surface area contributed by atoms with Gasteiger partial charge in [-0.05, 0) is 5.75 Å². The molecule has 0 aromatic carbocycles. The topological polar surface area (TPSA) is 49.6 Å². The van der Waals surface area contributed by atoms with E-state index in [1.165, 1.54) is 6.20 Å². The minimum atomic E-state index is 0.378. The fraction of sp³-hybridized carbons (Fsp3) is 0.286. The van der Waals surface area contributed by atoms with Crippen molar-refractivity contribution in [1.29, 1.82) is 5.26 Å². The molecule has 0 spiro atoms. The van der Waals surface area contributed by atoms with E-state index in [2.05, 4.69) is 9.97 Å². The van der Waals surface area contributed by atoms with Crippen LogP contribution in [-0.2, 0) is 0 Å². The van der Waals surface area contributed by atoms with Crippen LogP contribution >= 0.6 is 11.8 Å². The molecule has 0 N–H and O–H groups in total. The average Bonchev–Trinajstić information content (AvgIpc) is 2.06. The Bertz CT molecular complexity index is 279. The van der Waals surface area contributed by atoms with E-state index < -0.39 is 0 Å². The predicted molar refractivity (Wildman–Crippen MR) is 43.1 cm³/mol. The van der Waals surface area contributed by atoms with Gasteiger partial charge in [-0.2, -0.15) is 5.26 Å². The van der Waals surface area contributed by atoms with Gasteiger partial charge in [0.05, 0.1) is 12.4 Å². The molecule has 1 rings (SSSR count). The lowest BCUT2D eigenvalue weighted by molar-refractivity contribution is 1.03. The van der Waals surface area contributed by atoms with Gasteiger partial charge in [0.2, 0.25) is 0 Å². The van der Waals surface area contributed by atoms with Gasteiger partial charge < -0.3 is 0 Å². The Balaban J connectivity index is 2.85. The molecular weight excluding hydrogens is 158 g/mol. The van der Waals surface area contributed by atoms with Crippen molar-refractivity contribution < 1.29 is 0 Å². The SMILES string of the molecule is CCSc1cncc(C#N)n1. The quantitative estimate of drug-likeness (QED) is 0.622. The van der Waals surface area contributed by atoms with E-state index in [-0.39, 0.29) is 0 Å². The molecule has 0 aliphatic heterocycles. The number of hydrogen-bond donors (Lipinski definition) is 0. The summed E-state index contributed by atoms with van der Waals surface area (Å²) >= 11 is 1.58. The van der Waals surface area contributed by atoms with Crippen LogP contribution < -0.4 is 0 Å². The molecule has 4 heteroatoms. The Labute approximate surface area is 69.5 Å². The van der Waals surface area contributed by atoms with Gasteiger partial charge in [0.15, 0.2) is 5.69 Å². The van der Waals surface area contributed by atoms with E-state index >= 15 is 0 Å². The zero-order valence-corrected chi connectivity index (χ0v) is 6.93. The molecule has 0 unspecified atom stereocenters. The Morgan fingerprint density at radius 1 is 1.64 bits per heavy atom. The Kier molecular flexibility index (Phi) is 2.87. The number of nitriles is 1. The number of thioether (sulfide) groups is 1. The molecule has 0 fully saturated rings. The first kappa shape index (κ1) is 8.02. The molecule has 0 aliphatic carbocycles. The third kappa shape index (κ3) is 2.20. The molecule has 0 radical (unpaired) electrons. The van der Waals surface area contributed by atoms with Crippen molar-refractivity contribution in [1.82, 2.24) is 9.97 Å². The molecule has 56 valence electrons. The zero-order chi connectivity index (χ0) is 8.10. The number of aromatic nitrogens is 2. The van der Waals surface area contributed by atoms with Crippen LogP contribution in [-0.4, -0.2) is 15.7 Å². The molecule has 0 bridgehead atoms. The molecule has 0 amide bonds. The van der Waals surface area contributed by atoms with Gasteiger partial charge in [-0.1, -0.05) is 6.92 Å². The average molecular weight is 165 g/mol. The molecule has 0 saturated heterocycles. The van der Waals surface area contributed by atoms with E-state index in [1.54, 1.807) is 18.0 Å². The van der Waals surface area contributed by atoms with E-state index in [0.29, 0.717) is 5.69 Å². The highest BCUT2D eigenvalue weighted by atomic mass is 32.2. The summed E-state index contributed by atoms with van der Waals surface area (Å²) < 4.78 is 0. The van der Waals surface area contributed by atoms with Crippen LogP contribution in [0, 0.1) is 11.3 Å². The maximum absolute atomic E-state index is 8.47. The van der Waals surface area contributed by atoms with E-state index in [4.69, 9.17) is 5.26 Å². The second-order valence-corrected chi connectivity index (χ2v) is 3.07. The second kappa shape index (κ2) is 3.94. The summed E-state index contributed by atoms with van der Waals surface area (Å²) in [6.07, 6.45) is 3.12. The predicted octanol–water partition coefficient (Wildman–Crippen LogP) is 1.46. The van der Waals surface area contributed by atoms with Crippen LogP contribution in [0.4, 0.5) is 0 Å². The summed E-state index contributed by atoms with van der Waals surface area (Å²) in [6.45, 7) is 2.03. The van der Waals surface area contributed by atoms with E-state index in [0.717, 1.165) is 10.8 Å². The Morgan fingerprint density at radius 2 is 2.45 bits per heavy atom. The van der Waals surface area contributed by atoms with Gasteiger partial charge in [0.25, 0.3) is 0 Å². The maximum Gasteiger partial charge on any atom is 0.160 e. The van der Waals surface area contributed by atoms with Gasteiger partial charge in [0, 0.05) is 0 Å². The molecule has 0 atom stereocenters. The summed E-state index contributed by atoms with van der Waals surface area (Å²) in [6, 6.07) is 1.94. The van der Waals surface area contributed by atoms with Crippen LogP contribution in [0.3, 0.4) is 0 Å². The molecule has 0 aliphatic rings. The standard InChI is InChI=1S/C7H7N3S/c1-2-11-7-5-9-4-6(3-8)10-7/h4-5H,2H2,1H3. The van der Waals surface area contributed by atoms with Crippen LogP contribution in [0.5, 0.6) is 0 Å². The van der Waals surface area contributed by atoms with Crippen LogP contribution in [0.25, 0.3) is 0 Å². The Hall–Kier alpha value is -1.08. The Morgan fingerprint density at radius 3 is 3.09 bits per heavy atom. The maximum atomic E-state index is 8.47. The number of nitrogens with zero attached hydrogens (tertiary/aromatic N) is 3. The zero-order valence-electron chi connectivity index (χ0n) is 6.11. The highest BCUT2D eigenvalue weighted by Crippen LogP contribution is 2.12. The third-order valence-corrected chi connectivity index (χ3v) is 1.80. The van der Waals surface area contributed by atoms with Gasteiger partial charge in [-0.3, -0.25) is 4.98 Å². The molecule has 0 saturated carbocycles. The summed E-state index contributed by atoms with van der Waals surface area (Å²) in [5.41, 5.74) is 0.378. The van der Waals surface area contributed by atoms with Crippen LogP contribution in [0.2, 0.25) is 0 Å². The molecular formula is C7H7N3S. The van der Waals surface area contributed by atoms with E-state index in [1.807, 2.05) is 13.0 Å². The van der Waals surface area contributed by atoms with Gasteiger partial charge >= 0.3 is 0 Å². The van der Waals surface area contributed by atoms with Crippen LogP contribution in [0.1, 0.15) is 12.6 Å². The third-order valence-electron chi connectivity index (χ3n) is 1.02. The van der Waals surface area contributed by atoms with E-state index in [9.17, 15) is 0 Å². The lowest BCUT2D eigenvalue weighted by Crippen LogP contribution is -1.87. The minimum Gasteiger partial charge on any atom is -0.259 e. The molecule has 1 aromatic heterocycles. The first-order valence-corrected chi connectivity index (χ1v) is 4.20. The van der Waals surface area contributed by atoms with Crippen molar-refractivity contribution in [2.45, 2.75) is 11.9 Å². The first-order valence-electron chi connectivity index (χ1n) is 3.21. The largest absolute Gasteiger partial charge is 0.259 e. The van der Waals surface area contributed by atoms with Crippen LogP contribution in [0.15, 0.2) is 17.4 Å². The van der Waals surface area contributed by atoms with Crippen molar-refractivity contribution in [3.05, 3.63) is 18.1 Å². The van der Waals surface area contributed by atoms with Crippen molar-refractivity contribution in [3.63, 3.8) is 0 Å². The van der Waals surface area contributed by atoms with Gasteiger partial charge in [-0.25, -0.2) is 4.98 Å². The second-order valence-electron chi connectivity index (χ2n) is 1.79.